The fourth-order valence-corrected chi connectivity index (χ4v) is 1.66. The van der Waals surface area contributed by atoms with E-state index in [1.165, 1.54) is 0 Å². The van der Waals surface area contributed by atoms with Crippen LogP contribution in [0.5, 0.6) is 0 Å². The standard InChI is InChI=1S/C6H7ClO4/c7-3-1-6(2-3,4(8)9)5(10)11/h3H,1-2H2,(H,8,9)(H,10,11). The van der Waals surface area contributed by atoms with Crippen molar-refractivity contribution in [3.63, 3.8) is 0 Å². The fourth-order valence-electron chi connectivity index (χ4n) is 1.14. The molecule has 0 aromatic rings. The van der Waals surface area contributed by atoms with E-state index >= 15 is 0 Å². The molecular weight excluding hydrogens is 172 g/mol. The number of carboxylic acid groups (broad SMARTS) is 2. The molecule has 0 aromatic carbocycles. The van der Waals surface area contributed by atoms with Crippen molar-refractivity contribution in [3.8, 4) is 0 Å². The number of carboxylic acids is 2. The Morgan fingerprint density at radius 1 is 1.27 bits per heavy atom. The first-order valence-electron chi connectivity index (χ1n) is 3.10. The number of rotatable bonds is 2. The Hall–Kier alpha value is -0.770. The molecule has 0 unspecified atom stereocenters. The number of aliphatic carboxylic acids is 2. The van der Waals surface area contributed by atoms with Gasteiger partial charge in [-0.1, -0.05) is 0 Å². The molecule has 62 valence electrons. The van der Waals surface area contributed by atoms with Gasteiger partial charge in [0, 0.05) is 5.38 Å². The molecule has 1 aliphatic carbocycles. The van der Waals surface area contributed by atoms with E-state index in [-0.39, 0.29) is 18.2 Å². The Labute approximate surface area is 67.8 Å². The minimum Gasteiger partial charge on any atom is -0.480 e. The summed E-state index contributed by atoms with van der Waals surface area (Å²) in [6, 6.07) is 0. The van der Waals surface area contributed by atoms with Crippen LogP contribution >= 0.6 is 11.6 Å². The highest BCUT2D eigenvalue weighted by atomic mass is 35.5. The van der Waals surface area contributed by atoms with Crippen LogP contribution in [0, 0.1) is 5.41 Å². The lowest BCUT2D eigenvalue weighted by atomic mass is 9.68. The van der Waals surface area contributed by atoms with Gasteiger partial charge in [0.05, 0.1) is 0 Å². The molecule has 0 amide bonds. The van der Waals surface area contributed by atoms with E-state index in [4.69, 9.17) is 21.8 Å². The molecule has 11 heavy (non-hydrogen) atoms. The van der Waals surface area contributed by atoms with Crippen LogP contribution < -0.4 is 0 Å². The maximum absolute atomic E-state index is 10.5. The topological polar surface area (TPSA) is 74.6 Å². The summed E-state index contributed by atoms with van der Waals surface area (Å²) in [6.07, 6.45) is 0.0540. The third-order valence-electron chi connectivity index (χ3n) is 1.96. The Balaban J connectivity index is 2.77. The molecule has 0 saturated heterocycles. The lowest BCUT2D eigenvalue weighted by Crippen LogP contribution is -2.50. The van der Waals surface area contributed by atoms with Crippen molar-refractivity contribution in [2.24, 2.45) is 5.41 Å². The highest BCUT2D eigenvalue weighted by Gasteiger charge is 2.56. The lowest BCUT2D eigenvalue weighted by Gasteiger charge is -2.37. The smallest absolute Gasteiger partial charge is 0.321 e. The normalized spacial score (nSPS) is 22.3. The van der Waals surface area contributed by atoms with E-state index in [0.29, 0.717) is 0 Å². The van der Waals surface area contributed by atoms with Crippen LogP contribution in [0.4, 0.5) is 0 Å². The van der Waals surface area contributed by atoms with Crippen molar-refractivity contribution in [2.75, 3.05) is 0 Å². The van der Waals surface area contributed by atoms with Crippen LogP contribution in [0.1, 0.15) is 12.8 Å². The third-order valence-corrected chi connectivity index (χ3v) is 2.27. The predicted molar refractivity (Wildman–Crippen MR) is 36.6 cm³/mol. The zero-order chi connectivity index (χ0) is 8.65. The molecular formula is C6H7ClO4. The SMILES string of the molecule is O=C(O)C1(C(=O)O)CC(Cl)C1. The number of alkyl halides is 1. The highest BCUT2D eigenvalue weighted by molar-refractivity contribution is 6.23. The first-order chi connectivity index (χ1) is 4.99. The number of hydrogen-bond donors (Lipinski definition) is 2. The van der Waals surface area contributed by atoms with Gasteiger partial charge < -0.3 is 10.2 Å². The van der Waals surface area contributed by atoms with Crippen molar-refractivity contribution in [1.82, 2.24) is 0 Å². The number of carbonyl (C=O) groups is 2. The minimum absolute atomic E-state index is 0.0270. The van der Waals surface area contributed by atoms with Crippen LogP contribution in [0.3, 0.4) is 0 Å². The van der Waals surface area contributed by atoms with E-state index in [2.05, 4.69) is 0 Å². The quantitative estimate of drug-likeness (QED) is 0.478. The van der Waals surface area contributed by atoms with Gasteiger partial charge in [0.25, 0.3) is 0 Å². The second-order valence-corrected chi connectivity index (χ2v) is 3.32. The van der Waals surface area contributed by atoms with Crippen LogP contribution in [-0.4, -0.2) is 27.5 Å². The summed E-state index contributed by atoms with van der Waals surface area (Å²) in [5.74, 6) is -2.58. The second-order valence-electron chi connectivity index (χ2n) is 2.70. The molecule has 0 bridgehead atoms. The van der Waals surface area contributed by atoms with Crippen LogP contribution in [0.15, 0.2) is 0 Å². The van der Waals surface area contributed by atoms with Crippen LogP contribution in [0.2, 0.25) is 0 Å². The molecule has 0 heterocycles. The minimum atomic E-state index is -1.60. The first-order valence-corrected chi connectivity index (χ1v) is 3.53. The average Bonchev–Trinajstić information content (AvgIpc) is 1.78. The molecule has 0 aliphatic heterocycles. The molecule has 4 nitrogen and oxygen atoms in total. The molecule has 0 atom stereocenters. The third kappa shape index (κ3) is 1.07. The van der Waals surface area contributed by atoms with Gasteiger partial charge in [0.15, 0.2) is 5.41 Å². The van der Waals surface area contributed by atoms with E-state index in [1.807, 2.05) is 0 Å². The lowest BCUT2D eigenvalue weighted by molar-refractivity contribution is -0.170. The Morgan fingerprint density at radius 2 is 1.64 bits per heavy atom. The van der Waals surface area contributed by atoms with Gasteiger partial charge in [0.2, 0.25) is 0 Å². The fraction of sp³-hybridized carbons (Fsp3) is 0.667. The summed E-state index contributed by atoms with van der Waals surface area (Å²) in [4.78, 5) is 20.9. The van der Waals surface area contributed by atoms with Crippen molar-refractivity contribution >= 4 is 23.5 Å². The summed E-state index contributed by atoms with van der Waals surface area (Å²) in [5, 5.41) is 16.8. The molecule has 1 aliphatic rings. The highest BCUT2D eigenvalue weighted by Crippen LogP contribution is 2.44. The summed E-state index contributed by atoms with van der Waals surface area (Å²) < 4.78 is 0. The monoisotopic (exact) mass is 178 g/mol. The molecule has 1 rings (SSSR count). The van der Waals surface area contributed by atoms with Crippen molar-refractivity contribution in [3.05, 3.63) is 0 Å². The molecule has 1 fully saturated rings. The van der Waals surface area contributed by atoms with Gasteiger partial charge in [-0.05, 0) is 12.8 Å². The Bertz CT molecular complexity index is 191. The summed E-state index contributed by atoms with van der Waals surface area (Å²) in [7, 11) is 0. The molecule has 5 heteroatoms. The van der Waals surface area contributed by atoms with E-state index in [9.17, 15) is 9.59 Å². The summed E-state index contributed by atoms with van der Waals surface area (Å²) >= 11 is 5.49. The number of halogens is 1. The Kier molecular flexibility index (Phi) is 1.80. The molecule has 0 spiro atoms. The van der Waals surface area contributed by atoms with E-state index in [0.717, 1.165) is 0 Å². The van der Waals surface area contributed by atoms with Gasteiger partial charge in [0.1, 0.15) is 0 Å². The van der Waals surface area contributed by atoms with E-state index in [1.54, 1.807) is 0 Å². The summed E-state index contributed by atoms with van der Waals surface area (Å²) in [5.41, 5.74) is -1.60. The van der Waals surface area contributed by atoms with E-state index < -0.39 is 17.4 Å². The van der Waals surface area contributed by atoms with Gasteiger partial charge >= 0.3 is 11.9 Å². The molecule has 0 aromatic heterocycles. The maximum atomic E-state index is 10.5. The van der Waals surface area contributed by atoms with Gasteiger partial charge in [-0.25, -0.2) is 0 Å². The summed E-state index contributed by atoms with van der Waals surface area (Å²) in [6.45, 7) is 0. The van der Waals surface area contributed by atoms with Gasteiger partial charge in [-0.3, -0.25) is 9.59 Å². The van der Waals surface area contributed by atoms with Crippen LogP contribution in [-0.2, 0) is 9.59 Å². The zero-order valence-corrected chi connectivity index (χ0v) is 6.34. The second kappa shape index (κ2) is 2.37. The number of hydrogen-bond acceptors (Lipinski definition) is 2. The first kappa shape index (κ1) is 8.33. The van der Waals surface area contributed by atoms with Crippen molar-refractivity contribution < 1.29 is 19.8 Å². The van der Waals surface area contributed by atoms with Crippen LogP contribution in [0.25, 0.3) is 0 Å². The largest absolute Gasteiger partial charge is 0.480 e. The molecule has 0 radical (unpaired) electrons. The Morgan fingerprint density at radius 3 is 1.73 bits per heavy atom. The predicted octanol–water partition coefficient (Wildman–Crippen LogP) is 0.543. The van der Waals surface area contributed by atoms with Crippen molar-refractivity contribution in [1.29, 1.82) is 0 Å². The van der Waals surface area contributed by atoms with Gasteiger partial charge in [-0.15, -0.1) is 11.6 Å². The zero-order valence-electron chi connectivity index (χ0n) is 5.58. The van der Waals surface area contributed by atoms with Crippen molar-refractivity contribution in [2.45, 2.75) is 18.2 Å². The molecule has 1 saturated carbocycles. The molecule has 2 N–H and O–H groups in total. The van der Waals surface area contributed by atoms with Gasteiger partial charge in [-0.2, -0.15) is 0 Å². The maximum Gasteiger partial charge on any atom is 0.321 e. The average molecular weight is 179 g/mol.